The molecule has 0 heterocycles. The highest BCUT2D eigenvalue weighted by Crippen LogP contribution is 2.24. The van der Waals surface area contributed by atoms with Crippen molar-refractivity contribution < 1.29 is 9.63 Å². The predicted molar refractivity (Wildman–Crippen MR) is 55.6 cm³/mol. The number of hydroxylamine groups is 2. The minimum absolute atomic E-state index is 0.0200. The van der Waals surface area contributed by atoms with Crippen LogP contribution in [0.5, 0.6) is 0 Å². The molecule has 1 aliphatic rings. The molecule has 0 aliphatic heterocycles. The van der Waals surface area contributed by atoms with Crippen LogP contribution in [0.1, 0.15) is 46.0 Å². The molecular weight excluding hydrogens is 178 g/mol. The van der Waals surface area contributed by atoms with Gasteiger partial charge in [-0.2, -0.15) is 0 Å². The molecule has 0 aromatic carbocycles. The molecule has 1 aliphatic carbocycles. The Morgan fingerprint density at radius 3 is 2.29 bits per heavy atom. The number of carbonyl (C=O) groups is 1. The van der Waals surface area contributed by atoms with Gasteiger partial charge < -0.3 is 4.84 Å². The van der Waals surface area contributed by atoms with Crippen molar-refractivity contribution in [2.24, 2.45) is 5.92 Å². The summed E-state index contributed by atoms with van der Waals surface area (Å²) in [5.74, 6) is 0.137. The summed E-state index contributed by atoms with van der Waals surface area (Å²) in [6.45, 7) is 5.54. The number of hydrogen-bond donors (Lipinski definition) is 0. The predicted octanol–water partition coefficient (Wildman–Crippen LogP) is 2.37. The van der Waals surface area contributed by atoms with Gasteiger partial charge in [0.05, 0.1) is 5.92 Å². The Bertz CT molecular complexity index is 172. The van der Waals surface area contributed by atoms with E-state index in [0.29, 0.717) is 0 Å². The third-order valence-corrected chi connectivity index (χ3v) is 2.86. The lowest BCUT2D eigenvalue weighted by Gasteiger charge is -2.23. The average Bonchev–Trinajstić information content (AvgIpc) is 2.26. The molecule has 14 heavy (non-hydrogen) atoms. The van der Waals surface area contributed by atoms with E-state index in [1.54, 1.807) is 5.06 Å². The summed E-state index contributed by atoms with van der Waals surface area (Å²) >= 11 is 0. The van der Waals surface area contributed by atoms with Crippen molar-refractivity contribution >= 4 is 5.97 Å². The summed E-state index contributed by atoms with van der Waals surface area (Å²) < 4.78 is 0. The van der Waals surface area contributed by atoms with Crippen molar-refractivity contribution in [3.8, 4) is 0 Å². The van der Waals surface area contributed by atoms with E-state index in [1.165, 1.54) is 19.3 Å². The van der Waals surface area contributed by atoms with Crippen LogP contribution in [0, 0.1) is 5.92 Å². The molecule has 0 aromatic rings. The lowest BCUT2D eigenvalue weighted by Crippen LogP contribution is -2.31. The zero-order chi connectivity index (χ0) is 10.4. The third kappa shape index (κ3) is 3.29. The number of nitrogens with zero attached hydrogens (tertiary/aromatic N) is 1. The average molecular weight is 199 g/mol. The van der Waals surface area contributed by atoms with E-state index < -0.39 is 0 Å². The highest BCUT2D eigenvalue weighted by molar-refractivity contribution is 5.72. The van der Waals surface area contributed by atoms with Gasteiger partial charge in [0.25, 0.3) is 0 Å². The summed E-state index contributed by atoms with van der Waals surface area (Å²) in [5.41, 5.74) is 0. The second kappa shape index (κ2) is 6.02. The van der Waals surface area contributed by atoms with Gasteiger partial charge in [0, 0.05) is 13.1 Å². The second-order valence-electron chi connectivity index (χ2n) is 3.86. The molecule has 0 atom stereocenters. The Labute approximate surface area is 86.4 Å². The van der Waals surface area contributed by atoms with Crippen molar-refractivity contribution in [1.82, 2.24) is 5.06 Å². The zero-order valence-corrected chi connectivity index (χ0v) is 9.29. The molecule has 3 nitrogen and oxygen atoms in total. The van der Waals surface area contributed by atoms with Crippen molar-refractivity contribution in [1.29, 1.82) is 0 Å². The molecule has 0 unspecified atom stereocenters. The first-order valence-electron chi connectivity index (χ1n) is 5.74. The minimum atomic E-state index is -0.0200. The fraction of sp³-hybridized carbons (Fsp3) is 0.909. The molecule has 0 amide bonds. The summed E-state index contributed by atoms with van der Waals surface area (Å²) in [5, 5.41) is 1.72. The van der Waals surface area contributed by atoms with Crippen LogP contribution in [-0.4, -0.2) is 24.1 Å². The number of rotatable bonds is 4. The molecule has 0 spiro atoms. The Balaban J connectivity index is 2.32. The molecule has 1 rings (SSSR count). The highest BCUT2D eigenvalue weighted by atomic mass is 16.7. The van der Waals surface area contributed by atoms with Crippen molar-refractivity contribution in [2.75, 3.05) is 13.1 Å². The first kappa shape index (κ1) is 11.5. The topological polar surface area (TPSA) is 29.5 Å². The van der Waals surface area contributed by atoms with E-state index >= 15 is 0 Å². The van der Waals surface area contributed by atoms with Crippen LogP contribution in [0.2, 0.25) is 0 Å². The fourth-order valence-electron chi connectivity index (χ4n) is 1.89. The summed E-state index contributed by atoms with van der Waals surface area (Å²) in [4.78, 5) is 16.9. The molecule has 82 valence electrons. The molecule has 0 N–H and O–H groups in total. The van der Waals surface area contributed by atoms with Crippen LogP contribution in [0.25, 0.3) is 0 Å². The first-order chi connectivity index (χ1) is 6.77. The standard InChI is InChI=1S/C11H21NO2/c1-3-12(4-2)14-11(13)10-8-6-5-7-9-10/h10H,3-9H2,1-2H3. The van der Waals surface area contributed by atoms with Gasteiger partial charge in [-0.15, -0.1) is 5.06 Å². The third-order valence-electron chi connectivity index (χ3n) is 2.86. The zero-order valence-electron chi connectivity index (χ0n) is 9.29. The first-order valence-corrected chi connectivity index (χ1v) is 5.74. The van der Waals surface area contributed by atoms with E-state index in [1.807, 2.05) is 13.8 Å². The fourth-order valence-corrected chi connectivity index (χ4v) is 1.89. The van der Waals surface area contributed by atoms with Gasteiger partial charge in [-0.3, -0.25) is 4.79 Å². The van der Waals surface area contributed by atoms with E-state index in [9.17, 15) is 4.79 Å². The van der Waals surface area contributed by atoms with Gasteiger partial charge >= 0.3 is 5.97 Å². The Morgan fingerprint density at radius 2 is 1.79 bits per heavy atom. The minimum Gasteiger partial charge on any atom is -0.368 e. The van der Waals surface area contributed by atoms with E-state index in [4.69, 9.17) is 4.84 Å². The SMILES string of the molecule is CCN(CC)OC(=O)C1CCCCC1. The molecule has 0 aromatic heterocycles. The van der Waals surface area contributed by atoms with Gasteiger partial charge in [-0.1, -0.05) is 19.3 Å². The maximum Gasteiger partial charge on any atom is 0.328 e. The smallest absolute Gasteiger partial charge is 0.328 e. The normalized spacial score (nSPS) is 18.5. The van der Waals surface area contributed by atoms with Crippen molar-refractivity contribution in [3.63, 3.8) is 0 Å². The molecule has 1 saturated carbocycles. The Hall–Kier alpha value is -0.570. The van der Waals surface area contributed by atoms with Gasteiger partial charge in [-0.25, -0.2) is 0 Å². The van der Waals surface area contributed by atoms with Gasteiger partial charge in [0.2, 0.25) is 0 Å². The maximum atomic E-state index is 11.7. The van der Waals surface area contributed by atoms with Crippen LogP contribution in [-0.2, 0) is 9.63 Å². The highest BCUT2D eigenvalue weighted by Gasteiger charge is 2.23. The molecule has 3 heteroatoms. The van der Waals surface area contributed by atoms with Gasteiger partial charge in [0.1, 0.15) is 0 Å². The van der Waals surface area contributed by atoms with Gasteiger partial charge in [-0.05, 0) is 26.7 Å². The number of carbonyl (C=O) groups excluding carboxylic acids is 1. The summed E-state index contributed by atoms with van der Waals surface area (Å²) in [6, 6.07) is 0. The van der Waals surface area contributed by atoms with Crippen LogP contribution in [0.4, 0.5) is 0 Å². The molecule has 0 bridgehead atoms. The summed E-state index contributed by atoms with van der Waals surface area (Å²) in [6.07, 6.45) is 5.66. The lowest BCUT2D eigenvalue weighted by atomic mass is 9.89. The lowest BCUT2D eigenvalue weighted by molar-refractivity contribution is -0.194. The Morgan fingerprint density at radius 1 is 1.21 bits per heavy atom. The van der Waals surface area contributed by atoms with Crippen LogP contribution in [0.3, 0.4) is 0 Å². The van der Waals surface area contributed by atoms with Gasteiger partial charge in [0.15, 0.2) is 0 Å². The maximum absolute atomic E-state index is 11.7. The van der Waals surface area contributed by atoms with Crippen LogP contribution in [0.15, 0.2) is 0 Å². The molecule has 0 radical (unpaired) electrons. The van der Waals surface area contributed by atoms with Crippen molar-refractivity contribution in [2.45, 2.75) is 46.0 Å². The monoisotopic (exact) mass is 199 g/mol. The quantitative estimate of drug-likeness (QED) is 0.651. The number of hydrogen-bond acceptors (Lipinski definition) is 3. The largest absolute Gasteiger partial charge is 0.368 e. The molecule has 0 saturated heterocycles. The Kier molecular flexibility index (Phi) is 4.94. The summed E-state index contributed by atoms with van der Waals surface area (Å²) in [7, 11) is 0. The van der Waals surface area contributed by atoms with E-state index in [2.05, 4.69) is 0 Å². The van der Waals surface area contributed by atoms with E-state index in [-0.39, 0.29) is 11.9 Å². The molecule has 1 fully saturated rings. The van der Waals surface area contributed by atoms with Crippen molar-refractivity contribution in [3.05, 3.63) is 0 Å². The second-order valence-corrected chi connectivity index (χ2v) is 3.86. The van der Waals surface area contributed by atoms with Crippen LogP contribution < -0.4 is 0 Å². The molecular formula is C11H21NO2. The van der Waals surface area contributed by atoms with Crippen LogP contribution >= 0.6 is 0 Å². The van der Waals surface area contributed by atoms with E-state index in [0.717, 1.165) is 25.9 Å².